The minimum absolute atomic E-state index is 0.0157. The van der Waals surface area contributed by atoms with Gasteiger partial charge in [-0.15, -0.1) is 0 Å². The molecule has 0 heterocycles. The van der Waals surface area contributed by atoms with Crippen LogP contribution in [0.25, 0.3) is 0 Å². The Morgan fingerprint density at radius 3 is 2.24 bits per heavy atom. The van der Waals surface area contributed by atoms with Crippen molar-refractivity contribution in [2.75, 3.05) is 17.1 Å². The number of amides is 2. The summed E-state index contributed by atoms with van der Waals surface area (Å²) in [4.78, 5) is 27.5. The van der Waals surface area contributed by atoms with Gasteiger partial charge in [-0.2, -0.15) is 13.2 Å². The van der Waals surface area contributed by atoms with Crippen molar-refractivity contribution in [2.24, 2.45) is 0 Å². The van der Waals surface area contributed by atoms with Crippen LogP contribution in [-0.2, 0) is 32.3 Å². The largest absolute Gasteiger partial charge is 0.416 e. The van der Waals surface area contributed by atoms with E-state index in [9.17, 15) is 31.2 Å². The Labute approximate surface area is 227 Å². The number of sulfonamides is 1. The molecule has 12 heteroatoms. The SMILES string of the molecule is C[C@@H](C(=O)NC(C)(C)C)N(Cc1cccc(Cl)c1)C(=O)CCCN(c1cccc(C(F)(F)F)c1)S(C)(=O)=O. The van der Waals surface area contributed by atoms with Gasteiger partial charge in [0.1, 0.15) is 6.04 Å². The van der Waals surface area contributed by atoms with Crippen LogP contribution < -0.4 is 9.62 Å². The highest BCUT2D eigenvalue weighted by Gasteiger charge is 2.32. The summed E-state index contributed by atoms with van der Waals surface area (Å²) in [5.41, 5.74) is -0.963. The van der Waals surface area contributed by atoms with E-state index in [1.807, 2.05) is 20.8 Å². The molecule has 1 N–H and O–H groups in total. The summed E-state index contributed by atoms with van der Waals surface area (Å²) in [5, 5.41) is 3.31. The lowest BCUT2D eigenvalue weighted by molar-refractivity contribution is -0.141. The molecule has 0 radical (unpaired) electrons. The normalized spacial score (nSPS) is 13.1. The van der Waals surface area contributed by atoms with Crippen LogP contribution in [0.2, 0.25) is 5.02 Å². The summed E-state index contributed by atoms with van der Waals surface area (Å²) in [6, 6.07) is 9.99. The van der Waals surface area contributed by atoms with Gasteiger partial charge >= 0.3 is 6.18 Å². The van der Waals surface area contributed by atoms with Crippen LogP contribution in [0, 0.1) is 0 Å². The van der Waals surface area contributed by atoms with Crippen molar-refractivity contribution < 1.29 is 31.2 Å². The van der Waals surface area contributed by atoms with Crippen molar-refractivity contribution in [1.82, 2.24) is 10.2 Å². The third-order valence-corrected chi connectivity index (χ3v) is 6.95. The van der Waals surface area contributed by atoms with Crippen LogP contribution in [0.3, 0.4) is 0 Å². The highest BCUT2D eigenvalue weighted by atomic mass is 35.5. The Hall–Kier alpha value is -2.79. The summed E-state index contributed by atoms with van der Waals surface area (Å²) >= 11 is 6.08. The van der Waals surface area contributed by atoms with Crippen LogP contribution >= 0.6 is 11.6 Å². The highest BCUT2D eigenvalue weighted by Crippen LogP contribution is 2.32. The molecule has 0 aliphatic carbocycles. The molecule has 7 nitrogen and oxygen atoms in total. The molecule has 0 saturated heterocycles. The number of halogens is 4. The second kappa shape index (κ2) is 12.4. The van der Waals surface area contributed by atoms with E-state index in [0.29, 0.717) is 10.6 Å². The van der Waals surface area contributed by atoms with Crippen LogP contribution in [0.4, 0.5) is 18.9 Å². The average molecular weight is 576 g/mol. The first-order valence-electron chi connectivity index (χ1n) is 11.9. The molecular weight excluding hydrogens is 543 g/mol. The maximum absolute atomic E-state index is 13.3. The lowest BCUT2D eigenvalue weighted by Gasteiger charge is -2.32. The molecule has 0 aliphatic heterocycles. The Morgan fingerprint density at radius 2 is 1.68 bits per heavy atom. The zero-order valence-corrected chi connectivity index (χ0v) is 23.5. The standard InChI is InChI=1S/C26H33ClF3N3O4S/c1-18(24(35)31-25(2,3)4)32(17-19-9-6-11-21(27)15-19)23(34)13-8-14-33(38(5,36)37)22-12-7-10-20(16-22)26(28,29)30/h6-7,9-12,15-16,18H,8,13-14,17H2,1-5H3,(H,31,35)/t18-/m0/s1. The fourth-order valence-corrected chi connectivity index (χ4v) is 4.90. The van der Waals surface area contributed by atoms with E-state index in [1.54, 1.807) is 31.2 Å². The summed E-state index contributed by atoms with van der Waals surface area (Å²) in [6.07, 6.45) is -3.88. The number of nitrogens with one attached hydrogen (secondary N) is 1. The molecular formula is C26H33ClF3N3O4S. The summed E-state index contributed by atoms with van der Waals surface area (Å²) in [6.45, 7) is 6.90. The molecule has 210 valence electrons. The summed E-state index contributed by atoms with van der Waals surface area (Å²) in [5.74, 6) is -0.784. The number of carbonyl (C=O) groups excluding carboxylic acids is 2. The summed E-state index contributed by atoms with van der Waals surface area (Å²) in [7, 11) is -3.94. The van der Waals surface area contributed by atoms with E-state index in [2.05, 4.69) is 5.32 Å². The molecule has 2 amide bonds. The number of hydrogen-bond donors (Lipinski definition) is 1. The number of nitrogens with zero attached hydrogens (tertiary/aromatic N) is 2. The molecule has 0 bridgehead atoms. The predicted octanol–water partition coefficient (Wildman–Crippen LogP) is 5.24. The van der Waals surface area contributed by atoms with Crippen molar-refractivity contribution >= 4 is 39.1 Å². The van der Waals surface area contributed by atoms with Crippen LogP contribution in [-0.4, -0.2) is 49.5 Å². The first-order chi connectivity index (χ1) is 17.4. The third kappa shape index (κ3) is 9.50. The molecule has 0 spiro atoms. The van der Waals surface area contributed by atoms with Crippen molar-refractivity contribution in [3.05, 3.63) is 64.7 Å². The van der Waals surface area contributed by atoms with Gasteiger partial charge in [-0.05, 0) is 70.0 Å². The van der Waals surface area contributed by atoms with Gasteiger partial charge in [0.15, 0.2) is 0 Å². The van der Waals surface area contributed by atoms with Crippen LogP contribution in [0.1, 0.15) is 51.7 Å². The first kappa shape index (κ1) is 31.4. The van der Waals surface area contributed by atoms with Gasteiger partial charge in [-0.1, -0.05) is 29.8 Å². The molecule has 2 rings (SSSR count). The van der Waals surface area contributed by atoms with E-state index in [0.717, 1.165) is 28.8 Å². The quantitative estimate of drug-likeness (QED) is 0.420. The van der Waals surface area contributed by atoms with Gasteiger partial charge < -0.3 is 10.2 Å². The molecule has 2 aromatic rings. The lowest BCUT2D eigenvalue weighted by atomic mass is 10.1. The minimum atomic E-state index is -4.64. The van der Waals surface area contributed by atoms with E-state index >= 15 is 0 Å². The molecule has 0 aliphatic rings. The number of alkyl halides is 3. The summed E-state index contributed by atoms with van der Waals surface area (Å²) < 4.78 is 65.1. The maximum Gasteiger partial charge on any atom is 0.416 e. The molecule has 1 atom stereocenters. The van der Waals surface area contributed by atoms with Gasteiger partial charge in [-0.25, -0.2) is 8.42 Å². The van der Waals surface area contributed by atoms with E-state index in [-0.39, 0.29) is 37.5 Å². The Balaban J connectivity index is 2.24. The second-order valence-electron chi connectivity index (χ2n) is 10.1. The molecule has 0 saturated carbocycles. The third-order valence-electron chi connectivity index (χ3n) is 5.52. The Morgan fingerprint density at radius 1 is 1.05 bits per heavy atom. The van der Waals surface area contributed by atoms with Crippen LogP contribution in [0.5, 0.6) is 0 Å². The fraction of sp³-hybridized carbons (Fsp3) is 0.462. The maximum atomic E-state index is 13.3. The smallest absolute Gasteiger partial charge is 0.350 e. The zero-order chi connectivity index (χ0) is 28.9. The fourth-order valence-electron chi connectivity index (χ4n) is 3.73. The Kier molecular flexibility index (Phi) is 10.2. The van der Waals surface area contributed by atoms with Gasteiger partial charge in [-0.3, -0.25) is 13.9 Å². The number of benzene rings is 2. The minimum Gasteiger partial charge on any atom is -0.350 e. The molecule has 0 fully saturated rings. The predicted molar refractivity (Wildman–Crippen MR) is 142 cm³/mol. The van der Waals surface area contributed by atoms with E-state index in [1.165, 1.54) is 11.0 Å². The van der Waals surface area contributed by atoms with Gasteiger partial charge in [0.05, 0.1) is 17.5 Å². The Bertz CT molecular complexity index is 1250. The number of carbonyl (C=O) groups is 2. The van der Waals surface area contributed by atoms with Crippen molar-refractivity contribution in [3.63, 3.8) is 0 Å². The topological polar surface area (TPSA) is 86.8 Å². The van der Waals surface area contributed by atoms with E-state index in [4.69, 9.17) is 11.6 Å². The second-order valence-corrected chi connectivity index (χ2v) is 12.4. The molecule has 2 aromatic carbocycles. The van der Waals surface area contributed by atoms with Gasteiger partial charge in [0.2, 0.25) is 21.8 Å². The van der Waals surface area contributed by atoms with Crippen LogP contribution in [0.15, 0.2) is 48.5 Å². The monoisotopic (exact) mass is 575 g/mol. The molecule has 0 unspecified atom stereocenters. The first-order valence-corrected chi connectivity index (χ1v) is 14.1. The molecule has 0 aromatic heterocycles. The lowest BCUT2D eigenvalue weighted by Crippen LogP contribution is -2.52. The number of anilines is 1. The van der Waals surface area contributed by atoms with Crippen molar-refractivity contribution in [3.8, 4) is 0 Å². The van der Waals surface area contributed by atoms with Gasteiger partial charge in [0, 0.05) is 30.1 Å². The highest BCUT2D eigenvalue weighted by molar-refractivity contribution is 7.92. The average Bonchev–Trinajstić information content (AvgIpc) is 2.77. The van der Waals surface area contributed by atoms with Gasteiger partial charge in [0.25, 0.3) is 0 Å². The molecule has 38 heavy (non-hydrogen) atoms. The van der Waals surface area contributed by atoms with Crippen molar-refractivity contribution in [2.45, 2.75) is 64.8 Å². The van der Waals surface area contributed by atoms with E-state index < -0.39 is 39.3 Å². The number of rotatable bonds is 10. The number of hydrogen-bond acceptors (Lipinski definition) is 4. The zero-order valence-electron chi connectivity index (χ0n) is 22.0. The van der Waals surface area contributed by atoms with Crippen molar-refractivity contribution in [1.29, 1.82) is 0 Å².